The molecule has 0 fully saturated rings. The first-order chi connectivity index (χ1) is 10.1. The van der Waals surface area contributed by atoms with Gasteiger partial charge in [-0.2, -0.15) is 0 Å². The van der Waals surface area contributed by atoms with Crippen LogP contribution in [0.3, 0.4) is 0 Å². The van der Waals surface area contributed by atoms with Crippen LogP contribution in [0, 0.1) is 0 Å². The van der Waals surface area contributed by atoms with Crippen molar-refractivity contribution in [3.8, 4) is 0 Å². The quantitative estimate of drug-likeness (QED) is 0.451. The Bertz CT molecular complexity index is 267. The topological polar surface area (TPSA) is 87.1 Å². The average Bonchev–Trinajstić information content (AvgIpc) is 2.39. The minimum atomic E-state index is -1.01. The van der Waals surface area contributed by atoms with Crippen LogP contribution >= 0.6 is 0 Å². The number of nitrogens with zero attached hydrogens (tertiary/aromatic N) is 1. The van der Waals surface area contributed by atoms with E-state index in [4.69, 9.17) is 14.9 Å². The Labute approximate surface area is 127 Å². The molecule has 0 aromatic rings. The molecule has 0 aromatic heterocycles. The van der Waals surface area contributed by atoms with Gasteiger partial charge >= 0.3 is 11.9 Å². The maximum absolute atomic E-state index is 10.6. The highest BCUT2D eigenvalue weighted by Gasteiger charge is 2.12. The Morgan fingerprint density at radius 3 is 1.95 bits per heavy atom. The third-order valence-corrected chi connectivity index (χ3v) is 3.12. The first-order valence-electron chi connectivity index (χ1n) is 7.80. The second-order valence-corrected chi connectivity index (χ2v) is 5.23. The normalized spacial score (nSPS) is 11.0. The smallest absolute Gasteiger partial charge is 0.317 e. The predicted molar refractivity (Wildman–Crippen MR) is 80.5 cm³/mol. The fourth-order valence-corrected chi connectivity index (χ4v) is 2.07. The third kappa shape index (κ3) is 15.1. The summed E-state index contributed by atoms with van der Waals surface area (Å²) in [4.78, 5) is 22.6. The van der Waals surface area contributed by atoms with E-state index in [1.165, 1.54) is 37.0 Å². The zero-order valence-electron chi connectivity index (χ0n) is 13.1. The lowest BCUT2D eigenvalue weighted by atomic mass is 10.1. The number of hydrogen-bond donors (Lipinski definition) is 2. The third-order valence-electron chi connectivity index (χ3n) is 3.12. The number of hydrogen-bond acceptors (Lipinski definition) is 4. The summed E-state index contributed by atoms with van der Waals surface area (Å²) in [5.74, 6) is -2.02. The molecule has 2 N–H and O–H groups in total. The van der Waals surface area contributed by atoms with Gasteiger partial charge in [0.25, 0.3) is 0 Å². The standard InChI is InChI=1S/C15H29NO5/c1-2-3-4-5-6-7-10-21-11-8-9-16(12-14(17)18)13-15(19)20/h2-13H2,1H3,(H,17,18)(H,19,20). The van der Waals surface area contributed by atoms with E-state index in [0.717, 1.165) is 13.0 Å². The van der Waals surface area contributed by atoms with Gasteiger partial charge in [0.2, 0.25) is 0 Å². The average molecular weight is 303 g/mol. The van der Waals surface area contributed by atoms with Gasteiger partial charge in [0.15, 0.2) is 0 Å². The zero-order chi connectivity index (χ0) is 15.9. The molecule has 0 aliphatic carbocycles. The summed E-state index contributed by atoms with van der Waals surface area (Å²) in [6.07, 6.45) is 7.97. The predicted octanol–water partition coefficient (Wildman–Crippen LogP) is 2.22. The molecule has 0 bridgehead atoms. The van der Waals surface area contributed by atoms with Crippen LogP contribution < -0.4 is 0 Å². The van der Waals surface area contributed by atoms with E-state index >= 15 is 0 Å². The van der Waals surface area contributed by atoms with Gasteiger partial charge in [0.1, 0.15) is 0 Å². The molecule has 0 aliphatic rings. The van der Waals surface area contributed by atoms with Crippen LogP contribution in [0.2, 0.25) is 0 Å². The van der Waals surface area contributed by atoms with E-state index in [1.54, 1.807) is 0 Å². The highest BCUT2D eigenvalue weighted by atomic mass is 16.5. The zero-order valence-corrected chi connectivity index (χ0v) is 13.1. The Kier molecular flexibility index (Phi) is 13.1. The van der Waals surface area contributed by atoms with Crippen LogP contribution in [0.1, 0.15) is 51.9 Å². The monoisotopic (exact) mass is 303 g/mol. The molecule has 0 radical (unpaired) electrons. The number of carboxylic acid groups (broad SMARTS) is 2. The molecule has 0 aliphatic heterocycles. The summed E-state index contributed by atoms with van der Waals surface area (Å²) in [6, 6.07) is 0. The van der Waals surface area contributed by atoms with Gasteiger partial charge in [-0.25, -0.2) is 0 Å². The van der Waals surface area contributed by atoms with Crippen LogP contribution in [0.15, 0.2) is 0 Å². The van der Waals surface area contributed by atoms with Gasteiger partial charge in [0, 0.05) is 19.8 Å². The van der Waals surface area contributed by atoms with Crippen molar-refractivity contribution < 1.29 is 24.5 Å². The van der Waals surface area contributed by atoms with Crippen LogP contribution in [0.5, 0.6) is 0 Å². The molecule has 21 heavy (non-hydrogen) atoms. The molecule has 0 rings (SSSR count). The molecule has 0 amide bonds. The van der Waals surface area contributed by atoms with Crippen LogP contribution in [-0.4, -0.2) is 59.9 Å². The SMILES string of the molecule is CCCCCCCCOCCCN(CC(=O)O)CC(=O)O. The second kappa shape index (κ2) is 13.8. The van der Waals surface area contributed by atoms with Gasteiger partial charge in [-0.3, -0.25) is 14.5 Å². The molecule has 124 valence electrons. The van der Waals surface area contributed by atoms with E-state index < -0.39 is 11.9 Å². The Balaban J connectivity index is 3.48. The van der Waals surface area contributed by atoms with Crippen LogP contribution in [-0.2, 0) is 14.3 Å². The molecule has 6 heteroatoms. The van der Waals surface area contributed by atoms with Crippen LogP contribution in [0.4, 0.5) is 0 Å². The molecular weight excluding hydrogens is 274 g/mol. The van der Waals surface area contributed by atoms with E-state index in [-0.39, 0.29) is 13.1 Å². The van der Waals surface area contributed by atoms with E-state index in [9.17, 15) is 9.59 Å². The fourth-order valence-electron chi connectivity index (χ4n) is 2.07. The van der Waals surface area contributed by atoms with Crippen molar-refractivity contribution >= 4 is 11.9 Å². The highest BCUT2D eigenvalue weighted by Crippen LogP contribution is 2.05. The van der Waals surface area contributed by atoms with E-state index in [2.05, 4.69) is 6.92 Å². The van der Waals surface area contributed by atoms with Gasteiger partial charge in [0.05, 0.1) is 13.1 Å². The maximum atomic E-state index is 10.6. The molecule has 0 unspecified atom stereocenters. The number of carboxylic acids is 2. The molecule has 0 saturated heterocycles. The lowest BCUT2D eigenvalue weighted by Gasteiger charge is -2.17. The number of rotatable bonds is 15. The van der Waals surface area contributed by atoms with Crippen molar-refractivity contribution in [1.29, 1.82) is 0 Å². The maximum Gasteiger partial charge on any atom is 0.317 e. The molecule has 0 aromatic carbocycles. The number of unbranched alkanes of at least 4 members (excludes halogenated alkanes) is 5. The fraction of sp³-hybridized carbons (Fsp3) is 0.867. The van der Waals surface area contributed by atoms with Crippen molar-refractivity contribution in [2.45, 2.75) is 51.9 Å². The van der Waals surface area contributed by atoms with Gasteiger partial charge in [-0.15, -0.1) is 0 Å². The summed E-state index contributed by atoms with van der Waals surface area (Å²) in [5.41, 5.74) is 0. The highest BCUT2D eigenvalue weighted by molar-refractivity contribution is 5.72. The largest absolute Gasteiger partial charge is 0.480 e. The first-order valence-corrected chi connectivity index (χ1v) is 7.80. The lowest BCUT2D eigenvalue weighted by molar-refractivity contribution is -0.141. The molecule has 0 saturated carbocycles. The van der Waals surface area contributed by atoms with Crippen molar-refractivity contribution in [3.63, 3.8) is 0 Å². The number of aliphatic carboxylic acids is 2. The van der Waals surface area contributed by atoms with Crippen molar-refractivity contribution in [1.82, 2.24) is 4.90 Å². The summed E-state index contributed by atoms with van der Waals surface area (Å²) in [7, 11) is 0. The van der Waals surface area contributed by atoms with Gasteiger partial charge in [-0.05, 0) is 12.8 Å². The van der Waals surface area contributed by atoms with Gasteiger partial charge < -0.3 is 14.9 Å². The Morgan fingerprint density at radius 1 is 0.857 bits per heavy atom. The van der Waals surface area contributed by atoms with Crippen molar-refractivity contribution in [2.24, 2.45) is 0 Å². The molecule has 0 spiro atoms. The summed E-state index contributed by atoms with van der Waals surface area (Å²) in [5, 5.41) is 17.4. The first kappa shape index (κ1) is 19.9. The number of carbonyl (C=O) groups is 2. The molecule has 0 heterocycles. The van der Waals surface area contributed by atoms with E-state index in [0.29, 0.717) is 19.6 Å². The van der Waals surface area contributed by atoms with Crippen molar-refractivity contribution in [2.75, 3.05) is 32.8 Å². The van der Waals surface area contributed by atoms with E-state index in [1.807, 2.05) is 0 Å². The minimum absolute atomic E-state index is 0.246. The summed E-state index contributed by atoms with van der Waals surface area (Å²) < 4.78 is 5.48. The van der Waals surface area contributed by atoms with Crippen LogP contribution in [0.25, 0.3) is 0 Å². The van der Waals surface area contributed by atoms with Crippen molar-refractivity contribution in [3.05, 3.63) is 0 Å². The Morgan fingerprint density at radius 2 is 1.38 bits per heavy atom. The summed E-state index contributed by atoms with van der Waals surface area (Å²) >= 11 is 0. The second-order valence-electron chi connectivity index (χ2n) is 5.23. The lowest BCUT2D eigenvalue weighted by Crippen LogP contribution is -2.35. The molecular formula is C15H29NO5. The Hall–Kier alpha value is -1.14. The molecule has 6 nitrogen and oxygen atoms in total. The number of ether oxygens (including phenoxy) is 1. The minimum Gasteiger partial charge on any atom is -0.480 e. The summed E-state index contributed by atoms with van der Waals surface area (Å²) in [6.45, 7) is 3.40. The van der Waals surface area contributed by atoms with Gasteiger partial charge in [-0.1, -0.05) is 39.0 Å². The molecule has 0 atom stereocenters.